The molecule has 0 fully saturated rings. The van der Waals surface area contributed by atoms with Crippen LogP contribution in [0.2, 0.25) is 0 Å². The summed E-state index contributed by atoms with van der Waals surface area (Å²) in [7, 11) is 3.82. The van der Waals surface area contributed by atoms with E-state index in [-0.39, 0.29) is 17.4 Å². The Labute approximate surface area is 169 Å². The molecule has 0 radical (unpaired) electrons. The van der Waals surface area contributed by atoms with Gasteiger partial charge in [0.25, 0.3) is 0 Å². The summed E-state index contributed by atoms with van der Waals surface area (Å²) >= 11 is 0. The van der Waals surface area contributed by atoms with Crippen LogP contribution in [0.5, 0.6) is 0 Å². The van der Waals surface area contributed by atoms with Gasteiger partial charge in [0, 0.05) is 24.3 Å². The number of aromatic carboxylic acids is 1. The van der Waals surface area contributed by atoms with Crippen LogP contribution in [0.25, 0.3) is 0 Å². The van der Waals surface area contributed by atoms with Gasteiger partial charge < -0.3 is 26.4 Å². The van der Waals surface area contributed by atoms with Crippen LogP contribution in [-0.4, -0.2) is 54.5 Å². The molecule has 5 N–H and O–H groups in total. The largest absolute Gasteiger partial charge is 0.478 e. The number of carboxylic acids is 1. The van der Waals surface area contributed by atoms with Gasteiger partial charge in [0.1, 0.15) is 0 Å². The van der Waals surface area contributed by atoms with Crippen LogP contribution in [0.15, 0.2) is 48.5 Å². The predicted octanol–water partition coefficient (Wildman–Crippen LogP) is 1.78. The molecule has 0 saturated heterocycles. The Hall–Kier alpha value is -3.23. The van der Waals surface area contributed by atoms with Crippen LogP contribution in [0.3, 0.4) is 0 Å². The van der Waals surface area contributed by atoms with Crippen molar-refractivity contribution in [1.29, 1.82) is 0 Å². The molecular formula is C21H26N4O4. The van der Waals surface area contributed by atoms with E-state index in [9.17, 15) is 14.4 Å². The van der Waals surface area contributed by atoms with E-state index in [1.807, 2.05) is 31.1 Å². The zero-order chi connectivity index (χ0) is 21.4. The molecule has 8 heteroatoms. The topological polar surface area (TPSA) is 125 Å². The van der Waals surface area contributed by atoms with Gasteiger partial charge in [0.15, 0.2) is 0 Å². The van der Waals surface area contributed by atoms with Gasteiger partial charge in [-0.2, -0.15) is 0 Å². The molecule has 154 valence electrons. The zero-order valence-electron chi connectivity index (χ0n) is 16.5. The van der Waals surface area contributed by atoms with Crippen LogP contribution in [0.1, 0.15) is 22.3 Å². The minimum Gasteiger partial charge on any atom is -0.478 e. The number of carboxylic acid groups (broad SMARTS) is 1. The fourth-order valence-corrected chi connectivity index (χ4v) is 2.55. The van der Waals surface area contributed by atoms with Gasteiger partial charge in [-0.1, -0.05) is 12.1 Å². The smallest absolute Gasteiger partial charge is 0.335 e. The number of hydrogen-bond acceptors (Lipinski definition) is 5. The first-order valence-electron chi connectivity index (χ1n) is 9.18. The molecule has 0 aliphatic rings. The lowest BCUT2D eigenvalue weighted by Gasteiger charge is -2.13. The van der Waals surface area contributed by atoms with Crippen molar-refractivity contribution in [1.82, 2.24) is 4.90 Å². The van der Waals surface area contributed by atoms with Gasteiger partial charge in [0.05, 0.1) is 11.6 Å². The monoisotopic (exact) mass is 398 g/mol. The van der Waals surface area contributed by atoms with Crippen molar-refractivity contribution >= 4 is 29.2 Å². The Morgan fingerprint density at radius 1 is 0.966 bits per heavy atom. The highest BCUT2D eigenvalue weighted by molar-refractivity contribution is 5.95. The van der Waals surface area contributed by atoms with E-state index < -0.39 is 12.0 Å². The second-order valence-electron chi connectivity index (χ2n) is 6.98. The number of rotatable bonds is 9. The molecule has 2 rings (SSSR count). The summed E-state index contributed by atoms with van der Waals surface area (Å²) in [4.78, 5) is 36.9. The van der Waals surface area contributed by atoms with E-state index in [0.29, 0.717) is 30.8 Å². The van der Waals surface area contributed by atoms with Gasteiger partial charge in [0.2, 0.25) is 11.8 Å². The Morgan fingerprint density at radius 3 is 2.07 bits per heavy atom. The van der Waals surface area contributed by atoms with Crippen molar-refractivity contribution in [3.8, 4) is 0 Å². The first kappa shape index (κ1) is 22.1. The average Bonchev–Trinajstić information content (AvgIpc) is 2.68. The average molecular weight is 398 g/mol. The molecule has 0 aliphatic heterocycles. The summed E-state index contributed by atoms with van der Waals surface area (Å²) in [6.07, 6.45) is 0.737. The molecule has 8 nitrogen and oxygen atoms in total. The number of carbonyl (C=O) groups is 3. The molecule has 2 aromatic carbocycles. The van der Waals surface area contributed by atoms with E-state index in [2.05, 4.69) is 10.6 Å². The maximum atomic E-state index is 12.3. The van der Waals surface area contributed by atoms with Crippen LogP contribution in [-0.2, 0) is 16.0 Å². The molecule has 0 aromatic heterocycles. The maximum absolute atomic E-state index is 12.3. The molecule has 0 aliphatic carbocycles. The summed E-state index contributed by atoms with van der Waals surface area (Å²) in [6, 6.07) is 12.3. The number of nitrogens with one attached hydrogen (secondary N) is 2. The van der Waals surface area contributed by atoms with E-state index >= 15 is 0 Å². The van der Waals surface area contributed by atoms with Crippen molar-refractivity contribution in [2.24, 2.45) is 5.73 Å². The number of nitrogens with two attached hydrogens (primary N) is 1. The number of amides is 2. The summed E-state index contributed by atoms with van der Waals surface area (Å²) in [5.74, 6) is -1.46. The van der Waals surface area contributed by atoms with Crippen LogP contribution in [0, 0.1) is 0 Å². The number of nitrogens with zero attached hydrogens (tertiary/aromatic N) is 1. The van der Waals surface area contributed by atoms with Crippen molar-refractivity contribution in [3.63, 3.8) is 0 Å². The predicted molar refractivity (Wildman–Crippen MR) is 112 cm³/mol. The molecule has 0 saturated carbocycles. The highest BCUT2D eigenvalue weighted by atomic mass is 16.4. The van der Waals surface area contributed by atoms with Crippen LogP contribution < -0.4 is 16.4 Å². The molecule has 0 heterocycles. The highest BCUT2D eigenvalue weighted by Crippen LogP contribution is 2.13. The SMILES string of the molecule is CN(C)CCC(=O)Nc1ccc(CC(N)C(=O)Nc2ccc(C(=O)O)cc2)cc1. The quantitative estimate of drug-likeness (QED) is 0.510. The number of hydrogen-bond donors (Lipinski definition) is 4. The van der Waals surface area contributed by atoms with Gasteiger partial charge in [-0.25, -0.2) is 4.79 Å². The lowest BCUT2D eigenvalue weighted by molar-refractivity contribution is -0.117. The Balaban J connectivity index is 1.86. The third-order valence-corrected chi connectivity index (χ3v) is 4.22. The molecule has 1 unspecified atom stereocenters. The molecule has 29 heavy (non-hydrogen) atoms. The lowest BCUT2D eigenvalue weighted by atomic mass is 10.1. The van der Waals surface area contributed by atoms with Crippen molar-refractivity contribution in [2.75, 3.05) is 31.3 Å². The fraction of sp³-hybridized carbons (Fsp3) is 0.286. The molecule has 0 spiro atoms. The van der Waals surface area contributed by atoms with Gasteiger partial charge in [-0.05, 0) is 62.5 Å². The van der Waals surface area contributed by atoms with E-state index in [4.69, 9.17) is 10.8 Å². The minimum absolute atomic E-state index is 0.0588. The minimum atomic E-state index is -1.03. The zero-order valence-corrected chi connectivity index (χ0v) is 16.5. The summed E-state index contributed by atoms with van der Waals surface area (Å²) < 4.78 is 0. The van der Waals surface area contributed by atoms with Crippen LogP contribution >= 0.6 is 0 Å². The number of anilines is 2. The molecule has 2 amide bonds. The molecule has 0 bridgehead atoms. The molecule has 2 aromatic rings. The summed E-state index contributed by atoms with van der Waals surface area (Å²) in [6.45, 7) is 0.674. The highest BCUT2D eigenvalue weighted by Gasteiger charge is 2.15. The fourth-order valence-electron chi connectivity index (χ4n) is 2.55. The Morgan fingerprint density at radius 2 is 1.52 bits per heavy atom. The molecular weight excluding hydrogens is 372 g/mol. The second kappa shape index (κ2) is 10.4. The first-order chi connectivity index (χ1) is 13.7. The second-order valence-corrected chi connectivity index (χ2v) is 6.98. The number of benzene rings is 2. The summed E-state index contributed by atoms with van der Waals surface area (Å²) in [5.41, 5.74) is 8.15. The van der Waals surface area contributed by atoms with E-state index in [1.54, 1.807) is 12.1 Å². The van der Waals surface area contributed by atoms with Gasteiger partial charge in [-0.3, -0.25) is 9.59 Å². The van der Waals surface area contributed by atoms with Gasteiger partial charge >= 0.3 is 5.97 Å². The number of carbonyl (C=O) groups excluding carboxylic acids is 2. The molecule has 1 atom stereocenters. The Kier molecular flexibility index (Phi) is 7.88. The van der Waals surface area contributed by atoms with Gasteiger partial charge in [-0.15, -0.1) is 0 Å². The van der Waals surface area contributed by atoms with E-state index in [1.165, 1.54) is 24.3 Å². The van der Waals surface area contributed by atoms with Crippen molar-refractivity contribution < 1.29 is 19.5 Å². The first-order valence-corrected chi connectivity index (χ1v) is 9.18. The van der Waals surface area contributed by atoms with Crippen LogP contribution in [0.4, 0.5) is 11.4 Å². The van der Waals surface area contributed by atoms with Crippen molar-refractivity contribution in [3.05, 3.63) is 59.7 Å². The normalized spacial score (nSPS) is 11.7. The third-order valence-electron chi connectivity index (χ3n) is 4.22. The standard InChI is InChI=1S/C21H26N4O4/c1-25(2)12-11-19(26)23-16-7-3-14(4-8-16)13-18(22)20(27)24-17-9-5-15(6-10-17)21(28)29/h3-10,18H,11-13,22H2,1-2H3,(H,23,26)(H,24,27)(H,28,29). The van der Waals surface area contributed by atoms with E-state index in [0.717, 1.165) is 5.56 Å². The maximum Gasteiger partial charge on any atom is 0.335 e. The third kappa shape index (κ3) is 7.36. The van der Waals surface area contributed by atoms with Crippen molar-refractivity contribution in [2.45, 2.75) is 18.9 Å². The summed E-state index contributed by atoms with van der Waals surface area (Å²) in [5, 5.41) is 14.4. The lowest BCUT2D eigenvalue weighted by Crippen LogP contribution is -2.37. The Bertz CT molecular complexity index is 848.